The number of hydrogen-bond donors (Lipinski definition) is 2. The maximum absolute atomic E-state index is 8.74. The fraction of sp³-hybridized carbons (Fsp3) is 0.333. The number of benzene rings is 1. The highest BCUT2D eigenvalue weighted by atomic mass is 16.5. The Morgan fingerprint density at radius 3 is 2.35 bits per heavy atom. The van der Waals surface area contributed by atoms with E-state index in [1.54, 1.807) is 18.2 Å². The molecule has 0 bridgehead atoms. The smallest absolute Gasteiger partial charge is 0.480 e. The molecule has 0 unspecified atom stereocenters. The van der Waals surface area contributed by atoms with Crippen molar-refractivity contribution in [1.29, 1.82) is 0 Å². The Hall–Kier alpha value is -1.46. The van der Waals surface area contributed by atoms with E-state index in [0.717, 1.165) is 5.56 Å². The maximum atomic E-state index is 8.74. The van der Waals surface area contributed by atoms with Gasteiger partial charge in [0.25, 0.3) is 0 Å². The van der Waals surface area contributed by atoms with Crippen molar-refractivity contribution in [1.82, 2.24) is 0 Å². The fourth-order valence-electron chi connectivity index (χ4n) is 1.37. The van der Waals surface area contributed by atoms with Crippen LogP contribution in [0.4, 0.5) is 0 Å². The van der Waals surface area contributed by atoms with E-state index < -0.39 is 7.12 Å². The van der Waals surface area contributed by atoms with Gasteiger partial charge in [0, 0.05) is 0 Å². The number of rotatable bonds is 6. The van der Waals surface area contributed by atoms with E-state index in [-0.39, 0.29) is 0 Å². The van der Waals surface area contributed by atoms with Crippen LogP contribution in [0.2, 0.25) is 0 Å². The Balaban J connectivity index is 2.92. The van der Waals surface area contributed by atoms with Crippen molar-refractivity contribution in [3.05, 3.63) is 29.7 Å². The van der Waals surface area contributed by atoms with Gasteiger partial charge < -0.3 is 19.5 Å². The summed E-state index contributed by atoms with van der Waals surface area (Å²) in [7, 11) is -1.45. The van der Waals surface area contributed by atoms with Crippen LogP contribution in [0.1, 0.15) is 19.4 Å². The Bertz CT molecular complexity index is 377. The van der Waals surface area contributed by atoms with E-state index in [0.29, 0.717) is 24.7 Å². The van der Waals surface area contributed by atoms with Gasteiger partial charge in [-0.05, 0) is 31.5 Å². The van der Waals surface area contributed by atoms with Gasteiger partial charge in [0.05, 0.1) is 13.2 Å². The molecule has 0 fully saturated rings. The molecular formula is C12H17BO4. The third-order valence-corrected chi connectivity index (χ3v) is 2.03. The molecule has 5 heteroatoms. The molecule has 0 amide bonds. The monoisotopic (exact) mass is 236 g/mol. The van der Waals surface area contributed by atoms with Gasteiger partial charge in [-0.3, -0.25) is 0 Å². The van der Waals surface area contributed by atoms with Gasteiger partial charge in [-0.25, -0.2) is 0 Å². The van der Waals surface area contributed by atoms with E-state index in [4.69, 9.17) is 19.5 Å². The van der Waals surface area contributed by atoms with Gasteiger partial charge in [0.2, 0.25) is 0 Å². The molecule has 0 aliphatic rings. The molecule has 0 saturated carbocycles. The molecular weight excluding hydrogens is 219 g/mol. The average molecular weight is 236 g/mol. The highest BCUT2D eigenvalue weighted by Gasteiger charge is 2.05. The van der Waals surface area contributed by atoms with Crippen molar-refractivity contribution >= 4 is 13.2 Å². The lowest BCUT2D eigenvalue weighted by Crippen LogP contribution is -2.05. The summed E-state index contributed by atoms with van der Waals surface area (Å²) in [6.45, 7) is 4.93. The summed E-state index contributed by atoms with van der Waals surface area (Å²) in [4.78, 5) is 0. The molecule has 0 heterocycles. The molecule has 0 aliphatic heterocycles. The summed E-state index contributed by atoms with van der Waals surface area (Å²) in [5.74, 6) is 2.63. The van der Waals surface area contributed by atoms with Crippen LogP contribution in [-0.2, 0) is 0 Å². The van der Waals surface area contributed by atoms with Crippen LogP contribution in [0, 0.1) is 0 Å². The minimum Gasteiger partial charge on any atom is -0.490 e. The predicted molar refractivity (Wildman–Crippen MR) is 68.0 cm³/mol. The van der Waals surface area contributed by atoms with Crippen LogP contribution in [0.15, 0.2) is 24.2 Å². The largest absolute Gasteiger partial charge is 0.490 e. The zero-order chi connectivity index (χ0) is 12.7. The molecule has 0 aromatic heterocycles. The summed E-state index contributed by atoms with van der Waals surface area (Å²) in [6.07, 6.45) is 1.61. The molecule has 17 heavy (non-hydrogen) atoms. The summed E-state index contributed by atoms with van der Waals surface area (Å²) < 4.78 is 10.9. The summed E-state index contributed by atoms with van der Waals surface area (Å²) in [6, 6.07) is 5.43. The molecule has 92 valence electrons. The van der Waals surface area contributed by atoms with Gasteiger partial charge in [-0.1, -0.05) is 18.1 Å². The lowest BCUT2D eigenvalue weighted by Gasteiger charge is -2.11. The second-order valence-electron chi connectivity index (χ2n) is 3.34. The number of ether oxygens (including phenoxy) is 2. The normalized spacial score (nSPS) is 10.6. The molecule has 0 saturated heterocycles. The molecule has 0 atom stereocenters. The first-order valence-electron chi connectivity index (χ1n) is 5.61. The molecule has 0 radical (unpaired) electrons. The third-order valence-electron chi connectivity index (χ3n) is 2.03. The number of hydrogen-bond acceptors (Lipinski definition) is 4. The van der Waals surface area contributed by atoms with Crippen molar-refractivity contribution < 1.29 is 19.5 Å². The van der Waals surface area contributed by atoms with Crippen LogP contribution < -0.4 is 9.47 Å². The molecule has 0 aliphatic carbocycles. The zero-order valence-electron chi connectivity index (χ0n) is 10.1. The zero-order valence-corrected chi connectivity index (χ0v) is 10.1. The van der Waals surface area contributed by atoms with Gasteiger partial charge in [0.15, 0.2) is 11.5 Å². The minimum absolute atomic E-state index is 0.551. The molecule has 2 N–H and O–H groups in total. The van der Waals surface area contributed by atoms with Crippen molar-refractivity contribution in [2.24, 2.45) is 0 Å². The van der Waals surface area contributed by atoms with E-state index >= 15 is 0 Å². The van der Waals surface area contributed by atoms with Crippen LogP contribution in [-0.4, -0.2) is 30.4 Å². The molecule has 1 aromatic carbocycles. The van der Waals surface area contributed by atoms with Gasteiger partial charge >= 0.3 is 7.12 Å². The SMILES string of the molecule is CCOc1ccc(/C=C/B(O)O)cc1OCC. The van der Waals surface area contributed by atoms with Crippen molar-refractivity contribution in [2.45, 2.75) is 13.8 Å². The Morgan fingerprint density at radius 1 is 1.12 bits per heavy atom. The summed E-state index contributed by atoms with van der Waals surface area (Å²) in [5.41, 5.74) is 0.824. The van der Waals surface area contributed by atoms with E-state index in [9.17, 15) is 0 Å². The van der Waals surface area contributed by atoms with E-state index in [2.05, 4.69) is 0 Å². The first-order chi connectivity index (χ1) is 8.17. The molecule has 1 rings (SSSR count). The fourth-order valence-corrected chi connectivity index (χ4v) is 1.37. The molecule has 1 aromatic rings. The maximum Gasteiger partial charge on any atom is 0.480 e. The lowest BCUT2D eigenvalue weighted by atomic mass is 9.91. The Kier molecular flexibility index (Phi) is 5.59. The van der Waals surface area contributed by atoms with Crippen LogP contribution in [0.25, 0.3) is 6.08 Å². The summed E-state index contributed by atoms with van der Waals surface area (Å²) in [5, 5.41) is 17.5. The predicted octanol–water partition coefficient (Wildman–Crippen LogP) is 1.51. The van der Waals surface area contributed by atoms with Gasteiger partial charge in [-0.2, -0.15) is 0 Å². The highest BCUT2D eigenvalue weighted by molar-refractivity contribution is 6.48. The second kappa shape index (κ2) is 6.99. The van der Waals surface area contributed by atoms with Gasteiger partial charge in [0.1, 0.15) is 0 Å². The van der Waals surface area contributed by atoms with Crippen LogP contribution in [0.5, 0.6) is 11.5 Å². The standard InChI is InChI=1S/C12H17BO4/c1-3-16-11-6-5-10(7-8-13(14)15)9-12(11)17-4-2/h5-9,14-15H,3-4H2,1-2H3/b8-7+. The highest BCUT2D eigenvalue weighted by Crippen LogP contribution is 2.28. The molecule has 0 spiro atoms. The van der Waals surface area contributed by atoms with E-state index in [1.165, 1.54) is 5.98 Å². The average Bonchev–Trinajstić information content (AvgIpc) is 2.30. The third kappa shape index (κ3) is 4.50. The first-order valence-corrected chi connectivity index (χ1v) is 5.61. The molecule has 4 nitrogen and oxygen atoms in total. The summed E-state index contributed by atoms with van der Waals surface area (Å²) >= 11 is 0. The minimum atomic E-state index is -1.45. The first kappa shape index (κ1) is 13.6. The van der Waals surface area contributed by atoms with Crippen molar-refractivity contribution in [3.63, 3.8) is 0 Å². The topological polar surface area (TPSA) is 58.9 Å². The van der Waals surface area contributed by atoms with Crippen LogP contribution in [0.3, 0.4) is 0 Å². The van der Waals surface area contributed by atoms with Crippen molar-refractivity contribution in [2.75, 3.05) is 13.2 Å². The lowest BCUT2D eigenvalue weighted by molar-refractivity contribution is 0.287. The quantitative estimate of drug-likeness (QED) is 0.735. The van der Waals surface area contributed by atoms with Crippen molar-refractivity contribution in [3.8, 4) is 11.5 Å². The van der Waals surface area contributed by atoms with Crippen LogP contribution >= 0.6 is 0 Å². The van der Waals surface area contributed by atoms with Gasteiger partial charge in [-0.15, -0.1) is 0 Å². The van der Waals surface area contributed by atoms with E-state index in [1.807, 2.05) is 19.9 Å². The Labute approximate surface area is 102 Å². The Morgan fingerprint density at radius 2 is 1.76 bits per heavy atom. The second-order valence-corrected chi connectivity index (χ2v) is 3.34.